The summed E-state index contributed by atoms with van der Waals surface area (Å²) in [5, 5.41) is 2.81. The number of carbonyl (C=O) groups excluding carboxylic acids is 2. The zero-order valence-corrected chi connectivity index (χ0v) is 15.6. The molecule has 1 aliphatic rings. The number of hydrogen-bond donors (Lipinski definition) is 1. The molecule has 3 rings (SSSR count). The van der Waals surface area contributed by atoms with Gasteiger partial charge in [0.05, 0.1) is 19.2 Å². The van der Waals surface area contributed by atoms with Crippen LogP contribution in [0, 0.1) is 5.92 Å². The van der Waals surface area contributed by atoms with Crippen molar-refractivity contribution in [3.63, 3.8) is 0 Å². The van der Waals surface area contributed by atoms with Crippen LogP contribution in [-0.2, 0) is 20.9 Å². The largest absolute Gasteiger partial charge is 0.379 e. The van der Waals surface area contributed by atoms with Gasteiger partial charge in [0.15, 0.2) is 0 Å². The van der Waals surface area contributed by atoms with E-state index in [1.807, 2.05) is 60.7 Å². The highest BCUT2D eigenvalue weighted by Gasteiger charge is 2.46. The maximum absolute atomic E-state index is 13.2. The zero-order valence-electron chi connectivity index (χ0n) is 15.6. The van der Waals surface area contributed by atoms with Gasteiger partial charge in [-0.05, 0) is 24.1 Å². The van der Waals surface area contributed by atoms with Crippen molar-refractivity contribution in [1.82, 2.24) is 5.32 Å². The van der Waals surface area contributed by atoms with Crippen molar-refractivity contribution in [2.45, 2.75) is 32.4 Å². The summed E-state index contributed by atoms with van der Waals surface area (Å²) in [5.74, 6) is -1.11. The number of amides is 2. The Bertz CT molecular complexity index is 749. The van der Waals surface area contributed by atoms with E-state index in [9.17, 15) is 9.59 Å². The summed E-state index contributed by atoms with van der Waals surface area (Å²) in [6.45, 7) is 3.55. The second-order valence-corrected chi connectivity index (χ2v) is 6.77. The third kappa shape index (κ3) is 4.74. The average molecular weight is 366 g/mol. The van der Waals surface area contributed by atoms with Crippen molar-refractivity contribution in [1.29, 1.82) is 0 Å². The summed E-state index contributed by atoms with van der Waals surface area (Å²) >= 11 is 0. The third-order valence-electron chi connectivity index (χ3n) is 4.74. The zero-order chi connectivity index (χ0) is 19.1. The molecule has 5 nitrogen and oxygen atoms in total. The fourth-order valence-corrected chi connectivity index (χ4v) is 3.16. The van der Waals surface area contributed by atoms with E-state index in [-0.39, 0.29) is 17.9 Å². The fourth-order valence-electron chi connectivity index (χ4n) is 3.16. The number of para-hydroxylation sites is 1. The van der Waals surface area contributed by atoms with Gasteiger partial charge in [-0.1, -0.05) is 61.9 Å². The Morgan fingerprint density at radius 3 is 2.37 bits per heavy atom. The van der Waals surface area contributed by atoms with Gasteiger partial charge in [0.2, 0.25) is 11.8 Å². The minimum Gasteiger partial charge on any atom is -0.379 e. The number of β-lactam (4-membered cyclic amide) rings is 1. The summed E-state index contributed by atoms with van der Waals surface area (Å²) in [5.41, 5.74) is 1.81. The third-order valence-corrected chi connectivity index (χ3v) is 4.74. The molecule has 0 aliphatic carbocycles. The molecule has 142 valence electrons. The molecule has 2 atom stereocenters. The number of unbranched alkanes of at least 4 members (excludes halogenated alkanes) is 1. The molecule has 1 fully saturated rings. The van der Waals surface area contributed by atoms with Gasteiger partial charge in [-0.25, -0.2) is 0 Å². The van der Waals surface area contributed by atoms with Crippen molar-refractivity contribution in [3.05, 3.63) is 66.2 Å². The smallest absolute Gasteiger partial charge is 0.242 e. The van der Waals surface area contributed by atoms with E-state index in [2.05, 4.69) is 12.2 Å². The van der Waals surface area contributed by atoms with E-state index in [4.69, 9.17) is 4.74 Å². The summed E-state index contributed by atoms with van der Waals surface area (Å²) < 4.78 is 5.62. The molecule has 2 aromatic carbocycles. The number of carbonyl (C=O) groups is 2. The van der Waals surface area contributed by atoms with E-state index < -0.39 is 5.92 Å². The van der Waals surface area contributed by atoms with E-state index in [1.54, 1.807) is 4.90 Å². The first-order valence-corrected chi connectivity index (χ1v) is 9.49. The number of benzene rings is 2. The molecule has 2 aromatic rings. The Morgan fingerprint density at radius 2 is 1.74 bits per heavy atom. The first-order valence-electron chi connectivity index (χ1n) is 9.49. The molecular formula is C22H26N2O3. The van der Waals surface area contributed by atoms with Gasteiger partial charge in [-0.15, -0.1) is 0 Å². The van der Waals surface area contributed by atoms with Crippen LogP contribution in [0.2, 0.25) is 0 Å². The number of hydrogen-bond acceptors (Lipinski definition) is 3. The van der Waals surface area contributed by atoms with Crippen molar-refractivity contribution in [2.75, 3.05) is 18.1 Å². The quantitative estimate of drug-likeness (QED) is 0.421. The fraction of sp³-hybridized carbons (Fsp3) is 0.364. The highest BCUT2D eigenvalue weighted by Crippen LogP contribution is 2.25. The van der Waals surface area contributed by atoms with E-state index >= 15 is 0 Å². The molecule has 5 heteroatoms. The van der Waals surface area contributed by atoms with Crippen LogP contribution in [0.25, 0.3) is 0 Å². The van der Waals surface area contributed by atoms with Crippen LogP contribution >= 0.6 is 0 Å². The molecule has 1 heterocycles. The number of ether oxygens (including phenoxy) is 1. The van der Waals surface area contributed by atoms with Gasteiger partial charge in [-0.2, -0.15) is 0 Å². The number of nitrogens with zero attached hydrogens (tertiary/aromatic N) is 1. The number of nitrogens with one attached hydrogen (secondary N) is 1. The van der Waals surface area contributed by atoms with E-state index in [0.717, 1.165) is 24.1 Å². The van der Waals surface area contributed by atoms with Crippen molar-refractivity contribution in [2.24, 2.45) is 5.92 Å². The lowest BCUT2D eigenvalue weighted by Gasteiger charge is -2.38. The Hall–Kier alpha value is -2.66. The van der Waals surface area contributed by atoms with Crippen LogP contribution in [0.5, 0.6) is 0 Å². The summed E-state index contributed by atoms with van der Waals surface area (Å²) in [4.78, 5) is 27.1. The van der Waals surface area contributed by atoms with Gasteiger partial charge < -0.3 is 15.0 Å². The lowest BCUT2D eigenvalue weighted by molar-refractivity contribution is -0.145. The van der Waals surface area contributed by atoms with Gasteiger partial charge in [0.1, 0.15) is 5.92 Å². The predicted molar refractivity (Wildman–Crippen MR) is 105 cm³/mol. The van der Waals surface area contributed by atoms with E-state index in [0.29, 0.717) is 19.8 Å². The first kappa shape index (κ1) is 19.1. The van der Waals surface area contributed by atoms with Gasteiger partial charge in [0, 0.05) is 12.3 Å². The topological polar surface area (TPSA) is 58.6 Å². The maximum atomic E-state index is 13.2. The molecular weight excluding hydrogens is 340 g/mol. The minimum absolute atomic E-state index is 0.183. The predicted octanol–water partition coefficient (Wildman–Crippen LogP) is 3.15. The molecule has 2 amide bonds. The lowest BCUT2D eigenvalue weighted by Crippen LogP contribution is -2.65. The minimum atomic E-state index is -0.699. The maximum Gasteiger partial charge on any atom is 0.242 e. The highest BCUT2D eigenvalue weighted by atomic mass is 16.5. The highest BCUT2D eigenvalue weighted by molar-refractivity contribution is 6.11. The van der Waals surface area contributed by atoms with Gasteiger partial charge in [0.25, 0.3) is 0 Å². The standard InChI is InChI=1S/C22H26N2O3/c1-2-3-14-27-16-19-20(21(25)23-19)22(26)24(18-12-8-5-9-13-18)15-17-10-6-4-7-11-17/h4-13,19-20H,2-3,14-16H2,1H3,(H,23,25)/t19-,20+/m0/s1. The molecule has 27 heavy (non-hydrogen) atoms. The Balaban J connectivity index is 1.75. The molecule has 0 unspecified atom stereocenters. The normalized spacial score (nSPS) is 18.5. The molecule has 0 spiro atoms. The summed E-state index contributed by atoms with van der Waals surface area (Å²) in [6.07, 6.45) is 2.03. The Labute approximate surface area is 160 Å². The molecule has 0 bridgehead atoms. The molecule has 1 saturated heterocycles. The van der Waals surface area contributed by atoms with Crippen LogP contribution in [0.3, 0.4) is 0 Å². The molecule has 1 N–H and O–H groups in total. The van der Waals surface area contributed by atoms with Gasteiger partial charge in [-0.3, -0.25) is 9.59 Å². The summed E-state index contributed by atoms with van der Waals surface area (Å²) in [7, 11) is 0. The monoisotopic (exact) mass is 366 g/mol. The van der Waals surface area contributed by atoms with Crippen LogP contribution in [0.4, 0.5) is 5.69 Å². The molecule has 0 radical (unpaired) electrons. The van der Waals surface area contributed by atoms with Gasteiger partial charge >= 0.3 is 0 Å². The van der Waals surface area contributed by atoms with Crippen LogP contribution in [0.15, 0.2) is 60.7 Å². The molecule has 0 saturated carbocycles. The second kappa shape index (κ2) is 9.33. The van der Waals surface area contributed by atoms with Crippen LogP contribution < -0.4 is 10.2 Å². The van der Waals surface area contributed by atoms with Crippen LogP contribution in [-0.4, -0.2) is 31.1 Å². The SMILES string of the molecule is CCCCOC[C@@H]1NC(=O)[C@@H]1C(=O)N(Cc1ccccc1)c1ccccc1. The number of rotatable bonds is 9. The molecule has 1 aliphatic heterocycles. The lowest BCUT2D eigenvalue weighted by atomic mass is 9.89. The Kier molecular flexibility index (Phi) is 6.60. The second-order valence-electron chi connectivity index (χ2n) is 6.77. The van der Waals surface area contributed by atoms with Crippen LogP contribution in [0.1, 0.15) is 25.3 Å². The molecule has 0 aromatic heterocycles. The van der Waals surface area contributed by atoms with Crippen molar-refractivity contribution < 1.29 is 14.3 Å². The van der Waals surface area contributed by atoms with Crippen molar-refractivity contribution >= 4 is 17.5 Å². The average Bonchev–Trinajstić information content (AvgIpc) is 2.69. The number of anilines is 1. The summed E-state index contributed by atoms with van der Waals surface area (Å²) in [6, 6.07) is 19.0. The van der Waals surface area contributed by atoms with Crippen molar-refractivity contribution in [3.8, 4) is 0 Å². The first-order chi connectivity index (χ1) is 13.2. The van der Waals surface area contributed by atoms with E-state index in [1.165, 1.54) is 0 Å². The Morgan fingerprint density at radius 1 is 1.07 bits per heavy atom.